The Labute approximate surface area is 348 Å². The first-order chi connectivity index (χ1) is 29.1. The van der Waals surface area contributed by atoms with Gasteiger partial charge in [0.1, 0.15) is 0 Å². The van der Waals surface area contributed by atoms with Crippen molar-refractivity contribution in [3.8, 4) is 27.9 Å². The Hall–Kier alpha value is -6.38. The molecule has 0 saturated heterocycles. The maximum Gasteiger partial charge on any atom is 0.0630 e. The molecule has 2 nitrogen and oxygen atoms in total. The Morgan fingerprint density at radius 3 is 1.98 bits per heavy atom. The number of allylic oxidation sites excluding steroid dienone is 2. The topological polar surface area (TPSA) is 8.17 Å². The number of hydrogen-bond donors (Lipinski definition) is 0. The zero-order chi connectivity index (χ0) is 39.5. The summed E-state index contributed by atoms with van der Waals surface area (Å²) in [6.07, 6.45) is 15.4. The molecule has 7 aromatic carbocycles. The molecule has 288 valence electrons. The molecule has 0 saturated carbocycles. The van der Waals surface area contributed by atoms with Crippen LogP contribution < -0.4 is 4.90 Å². The maximum absolute atomic E-state index is 2.57. The van der Waals surface area contributed by atoms with E-state index in [1.54, 1.807) is 0 Å². The third-order valence-corrected chi connectivity index (χ3v) is 13.3. The lowest BCUT2D eigenvalue weighted by atomic mass is 9.85. The van der Waals surface area contributed by atoms with E-state index in [1.165, 1.54) is 126 Å². The number of rotatable bonds is 10. The van der Waals surface area contributed by atoms with Gasteiger partial charge in [0, 0.05) is 33.8 Å². The van der Waals surface area contributed by atoms with Crippen molar-refractivity contribution in [2.45, 2.75) is 70.8 Å². The van der Waals surface area contributed by atoms with E-state index < -0.39 is 0 Å². The highest BCUT2D eigenvalue weighted by Gasteiger charge is 2.38. The van der Waals surface area contributed by atoms with Crippen LogP contribution in [0.1, 0.15) is 78.8 Å². The van der Waals surface area contributed by atoms with Crippen LogP contribution >= 0.6 is 0 Å². The molecule has 2 heteroatoms. The van der Waals surface area contributed by atoms with E-state index in [2.05, 4.69) is 193 Å². The summed E-state index contributed by atoms with van der Waals surface area (Å²) in [4.78, 5) is 2.57. The van der Waals surface area contributed by atoms with E-state index in [1.807, 2.05) is 0 Å². The third-order valence-electron chi connectivity index (χ3n) is 13.3. The second-order valence-electron chi connectivity index (χ2n) is 17.0. The van der Waals surface area contributed by atoms with Crippen molar-refractivity contribution in [3.05, 3.63) is 203 Å². The molecule has 0 bridgehead atoms. The van der Waals surface area contributed by atoms with Gasteiger partial charge in [0.25, 0.3) is 0 Å². The van der Waals surface area contributed by atoms with Crippen LogP contribution in [0.15, 0.2) is 170 Å². The Bertz CT molecular complexity index is 2970. The Balaban J connectivity index is 0.927. The lowest BCUT2D eigenvalue weighted by Crippen LogP contribution is -2.29. The number of benzene rings is 7. The van der Waals surface area contributed by atoms with Gasteiger partial charge in [-0.1, -0.05) is 136 Å². The first-order valence-electron chi connectivity index (χ1n) is 21.9. The van der Waals surface area contributed by atoms with Gasteiger partial charge in [-0.2, -0.15) is 0 Å². The number of anilines is 2. The summed E-state index contributed by atoms with van der Waals surface area (Å²) in [7, 11) is 0. The molecular formula is C57H50N2. The van der Waals surface area contributed by atoms with Crippen molar-refractivity contribution < 1.29 is 0 Å². The highest BCUT2D eigenvalue weighted by atomic mass is 15.2. The molecule has 1 aliphatic heterocycles. The smallest absolute Gasteiger partial charge is 0.0630 e. The molecule has 0 N–H and O–H groups in total. The van der Waals surface area contributed by atoms with Gasteiger partial charge in [0.2, 0.25) is 0 Å². The van der Waals surface area contributed by atoms with Crippen LogP contribution in [0.25, 0.3) is 55.3 Å². The number of aryl methyl sites for hydroxylation is 2. The summed E-state index contributed by atoms with van der Waals surface area (Å²) in [6.45, 7) is 4.54. The number of para-hydroxylation sites is 2. The van der Waals surface area contributed by atoms with E-state index in [4.69, 9.17) is 0 Å². The fourth-order valence-electron chi connectivity index (χ4n) is 10.3. The molecule has 2 unspecified atom stereocenters. The van der Waals surface area contributed by atoms with Crippen LogP contribution in [0, 0.1) is 0 Å². The van der Waals surface area contributed by atoms with Crippen LogP contribution in [-0.2, 0) is 19.3 Å². The number of nitrogens with zero attached hydrogens (tertiary/aromatic N) is 2. The molecular weight excluding hydrogens is 713 g/mol. The Kier molecular flexibility index (Phi) is 8.95. The predicted molar refractivity (Wildman–Crippen MR) is 250 cm³/mol. The zero-order valence-electron chi connectivity index (χ0n) is 34.2. The van der Waals surface area contributed by atoms with Crippen LogP contribution in [0.5, 0.6) is 0 Å². The van der Waals surface area contributed by atoms with E-state index in [9.17, 15) is 0 Å². The summed E-state index contributed by atoms with van der Waals surface area (Å²) in [5.74, 6) is 0.295. The van der Waals surface area contributed by atoms with Gasteiger partial charge in [-0.15, -0.1) is 0 Å². The average Bonchev–Trinajstić information content (AvgIpc) is 3.94. The highest BCUT2D eigenvalue weighted by Crippen LogP contribution is 2.50. The molecule has 2 atom stereocenters. The molecule has 0 fully saturated rings. The normalized spacial score (nSPS) is 16.3. The van der Waals surface area contributed by atoms with Crippen LogP contribution in [0.2, 0.25) is 0 Å². The fraction of sp³-hybridized carbons (Fsp3) is 0.193. The van der Waals surface area contributed by atoms with Crippen LogP contribution in [-0.4, -0.2) is 10.6 Å². The first-order valence-corrected chi connectivity index (χ1v) is 21.9. The molecule has 0 spiro atoms. The quantitative estimate of drug-likeness (QED) is 0.135. The van der Waals surface area contributed by atoms with Gasteiger partial charge < -0.3 is 9.47 Å². The number of aromatic nitrogens is 1. The minimum Gasteiger partial charge on any atom is -0.333 e. The largest absolute Gasteiger partial charge is 0.333 e. The number of fused-ring (bicyclic) bond motifs is 9. The zero-order valence-corrected chi connectivity index (χ0v) is 34.2. The van der Waals surface area contributed by atoms with Gasteiger partial charge in [-0.25, -0.2) is 0 Å². The third kappa shape index (κ3) is 6.16. The van der Waals surface area contributed by atoms with E-state index in [0.29, 0.717) is 5.92 Å². The number of hydrogen-bond acceptors (Lipinski definition) is 1. The molecule has 2 heterocycles. The number of unbranched alkanes of at least 4 members (excludes halogenated alkanes) is 2. The van der Waals surface area contributed by atoms with Gasteiger partial charge in [0.15, 0.2) is 0 Å². The molecule has 2 aliphatic carbocycles. The predicted octanol–water partition coefficient (Wildman–Crippen LogP) is 15.0. The minimum absolute atomic E-state index is 0.262. The van der Waals surface area contributed by atoms with Crippen molar-refractivity contribution in [1.82, 2.24) is 4.57 Å². The first kappa shape index (κ1) is 35.8. The standard InChI is InChI=1S/C57H50N2/c1-3-5-13-38-15-11-17-46(31-38)58-54-21-9-7-19-48(54)52-36-42(27-29-56(52)58)40-23-25-44-33-45-26-24-41(35-51(45)50(44)34-40)43-28-30-57-53(37-43)49-20-8-10-22-55(49)59(57)47-18-12-16-39(32-47)14-6-4-2/h7-12,15-32,34-37,52,56H,3-6,13-14,33H2,1-2H3. The van der Waals surface area contributed by atoms with Crippen molar-refractivity contribution in [1.29, 1.82) is 0 Å². The van der Waals surface area contributed by atoms with Crippen molar-refractivity contribution in [3.63, 3.8) is 0 Å². The van der Waals surface area contributed by atoms with E-state index in [0.717, 1.165) is 19.3 Å². The Morgan fingerprint density at radius 2 is 1.19 bits per heavy atom. The highest BCUT2D eigenvalue weighted by molar-refractivity contribution is 6.10. The minimum atomic E-state index is 0.262. The molecule has 8 aromatic rings. The molecule has 0 amide bonds. The van der Waals surface area contributed by atoms with Crippen molar-refractivity contribution in [2.75, 3.05) is 4.90 Å². The van der Waals surface area contributed by atoms with Crippen LogP contribution in [0.4, 0.5) is 11.4 Å². The second-order valence-corrected chi connectivity index (χ2v) is 17.0. The second kappa shape index (κ2) is 14.8. The Morgan fingerprint density at radius 1 is 0.542 bits per heavy atom. The van der Waals surface area contributed by atoms with Gasteiger partial charge in [-0.05, 0) is 154 Å². The monoisotopic (exact) mass is 762 g/mol. The van der Waals surface area contributed by atoms with E-state index in [-0.39, 0.29) is 6.04 Å². The van der Waals surface area contributed by atoms with Gasteiger partial charge in [0.05, 0.1) is 17.1 Å². The average molecular weight is 763 g/mol. The SMILES string of the molecule is CCCCc1cccc(N2c3ccccc3C3C=C(c4ccc5c(c4)-c4cc(-c6ccc7c(c6)c6ccccc6n7-c6cccc(CCCC)c6)ccc4C5)C=CC32)c1. The summed E-state index contributed by atoms with van der Waals surface area (Å²) in [5, 5.41) is 2.59. The van der Waals surface area contributed by atoms with Crippen molar-refractivity contribution >= 4 is 38.8 Å². The fourth-order valence-corrected chi connectivity index (χ4v) is 10.3. The summed E-state index contributed by atoms with van der Waals surface area (Å²) in [6, 6.07) is 58.0. The maximum atomic E-state index is 2.57. The lowest BCUT2D eigenvalue weighted by Gasteiger charge is -2.30. The summed E-state index contributed by atoms with van der Waals surface area (Å²) >= 11 is 0. The van der Waals surface area contributed by atoms with E-state index >= 15 is 0 Å². The summed E-state index contributed by atoms with van der Waals surface area (Å²) < 4.78 is 2.45. The van der Waals surface area contributed by atoms with Gasteiger partial charge >= 0.3 is 0 Å². The molecule has 59 heavy (non-hydrogen) atoms. The van der Waals surface area contributed by atoms with Gasteiger partial charge in [-0.3, -0.25) is 0 Å². The molecule has 11 rings (SSSR count). The summed E-state index contributed by atoms with van der Waals surface area (Å²) in [5.41, 5.74) is 21.3. The molecule has 0 radical (unpaired) electrons. The molecule has 1 aromatic heterocycles. The van der Waals surface area contributed by atoms with Crippen LogP contribution in [0.3, 0.4) is 0 Å². The van der Waals surface area contributed by atoms with Crippen molar-refractivity contribution in [2.24, 2.45) is 0 Å². The molecule has 3 aliphatic rings. The lowest BCUT2D eigenvalue weighted by molar-refractivity contribution is 0.745.